The molecule has 1 fully saturated rings. The highest BCUT2D eigenvalue weighted by Crippen LogP contribution is 2.41. The van der Waals surface area contributed by atoms with Crippen LogP contribution in [0.25, 0.3) is 5.76 Å². The van der Waals surface area contributed by atoms with Crippen molar-refractivity contribution in [3.63, 3.8) is 0 Å². The molecule has 1 aromatic heterocycles. The van der Waals surface area contributed by atoms with Crippen LogP contribution in [0.15, 0.2) is 70.9 Å². The lowest BCUT2D eigenvalue weighted by atomic mass is 9.95. The number of methoxy groups -OCH3 is 2. The summed E-state index contributed by atoms with van der Waals surface area (Å²) in [5.74, 6) is -1.90. The van der Waals surface area contributed by atoms with E-state index in [9.17, 15) is 19.1 Å². The fourth-order valence-corrected chi connectivity index (χ4v) is 3.74. The molecule has 3 aromatic rings. The van der Waals surface area contributed by atoms with E-state index < -0.39 is 29.3 Å². The molecular formula is C24H20FNO6. The van der Waals surface area contributed by atoms with Crippen molar-refractivity contribution in [2.24, 2.45) is 0 Å². The number of hydrogen-bond donors (Lipinski definition) is 1. The average molecular weight is 437 g/mol. The second-order valence-corrected chi connectivity index (χ2v) is 7.13. The third kappa shape index (κ3) is 3.71. The number of Topliss-reactive ketones (excluding diaryl/α,β-unsaturated/α-hetero) is 1. The van der Waals surface area contributed by atoms with Gasteiger partial charge in [-0.1, -0.05) is 12.1 Å². The lowest BCUT2D eigenvalue weighted by Gasteiger charge is -2.24. The Balaban J connectivity index is 1.88. The number of ketones is 1. The molecule has 2 aromatic carbocycles. The first kappa shape index (κ1) is 21.2. The Bertz CT molecular complexity index is 1200. The Hall–Kier alpha value is -4.07. The summed E-state index contributed by atoms with van der Waals surface area (Å²) in [6.45, 7) is 0.00715. The van der Waals surface area contributed by atoms with E-state index >= 15 is 0 Å². The van der Waals surface area contributed by atoms with Crippen LogP contribution in [-0.4, -0.2) is 35.9 Å². The molecule has 8 heteroatoms. The van der Waals surface area contributed by atoms with Gasteiger partial charge in [0, 0.05) is 5.56 Å². The van der Waals surface area contributed by atoms with Crippen molar-refractivity contribution in [3.8, 4) is 11.5 Å². The monoisotopic (exact) mass is 437 g/mol. The third-order valence-corrected chi connectivity index (χ3v) is 5.28. The normalized spacial score (nSPS) is 17.6. The number of hydrogen-bond acceptors (Lipinski definition) is 6. The van der Waals surface area contributed by atoms with Crippen LogP contribution < -0.4 is 9.47 Å². The average Bonchev–Trinajstić information content (AvgIpc) is 3.41. The van der Waals surface area contributed by atoms with Crippen LogP contribution in [0, 0.1) is 5.82 Å². The summed E-state index contributed by atoms with van der Waals surface area (Å²) in [4.78, 5) is 27.3. The molecule has 1 amide bonds. The van der Waals surface area contributed by atoms with Gasteiger partial charge in [0.25, 0.3) is 11.7 Å². The van der Waals surface area contributed by atoms with Crippen molar-refractivity contribution in [2.75, 3.05) is 14.2 Å². The van der Waals surface area contributed by atoms with E-state index in [4.69, 9.17) is 13.9 Å². The Kier molecular flexibility index (Phi) is 5.68. The van der Waals surface area contributed by atoms with Crippen LogP contribution in [0.3, 0.4) is 0 Å². The largest absolute Gasteiger partial charge is 0.507 e. The number of halogens is 1. The second-order valence-electron chi connectivity index (χ2n) is 7.13. The molecule has 1 aliphatic heterocycles. The first-order valence-electron chi connectivity index (χ1n) is 9.73. The highest BCUT2D eigenvalue weighted by molar-refractivity contribution is 6.46. The van der Waals surface area contributed by atoms with Crippen molar-refractivity contribution >= 4 is 17.4 Å². The van der Waals surface area contributed by atoms with Gasteiger partial charge in [-0.2, -0.15) is 0 Å². The van der Waals surface area contributed by atoms with Crippen molar-refractivity contribution in [2.45, 2.75) is 12.6 Å². The number of aliphatic hydroxyl groups is 1. The first-order chi connectivity index (χ1) is 15.4. The summed E-state index contributed by atoms with van der Waals surface area (Å²) in [6.07, 6.45) is 1.46. The number of nitrogens with zero attached hydrogens (tertiary/aromatic N) is 1. The molecule has 32 heavy (non-hydrogen) atoms. The van der Waals surface area contributed by atoms with Crippen molar-refractivity contribution in [1.82, 2.24) is 4.90 Å². The Morgan fingerprint density at radius 2 is 1.91 bits per heavy atom. The molecule has 0 aliphatic carbocycles. The summed E-state index contributed by atoms with van der Waals surface area (Å²) >= 11 is 0. The number of carbonyl (C=O) groups excluding carboxylic acids is 2. The molecule has 0 spiro atoms. The number of carbonyl (C=O) groups is 2. The summed E-state index contributed by atoms with van der Waals surface area (Å²) in [5.41, 5.74) is 0.442. The molecule has 0 radical (unpaired) electrons. The zero-order valence-corrected chi connectivity index (χ0v) is 17.4. The van der Waals surface area contributed by atoms with Gasteiger partial charge in [-0.3, -0.25) is 9.59 Å². The minimum absolute atomic E-state index is 0.00715. The molecule has 1 atom stereocenters. The molecular weight excluding hydrogens is 417 g/mol. The fourth-order valence-electron chi connectivity index (χ4n) is 3.74. The molecule has 1 saturated heterocycles. The van der Waals surface area contributed by atoms with Gasteiger partial charge in [0.1, 0.15) is 17.3 Å². The minimum Gasteiger partial charge on any atom is -0.507 e. The van der Waals surface area contributed by atoms with E-state index in [0.717, 1.165) is 6.07 Å². The van der Waals surface area contributed by atoms with Crippen LogP contribution in [-0.2, 0) is 16.1 Å². The lowest BCUT2D eigenvalue weighted by molar-refractivity contribution is -0.140. The molecule has 164 valence electrons. The standard InChI is InChI=1S/C24H20FNO6/c1-30-16-6-3-5-14(11-16)21-20(22(27)15-8-9-19(31-2)18(25)12-15)23(28)24(29)26(21)13-17-7-4-10-32-17/h3-12,21,27H,13H2,1-2H3/t21-/m1/s1. The number of amides is 1. The van der Waals surface area contributed by atoms with Crippen molar-refractivity contribution in [3.05, 3.63) is 89.1 Å². The molecule has 1 aliphatic rings. The zero-order chi connectivity index (χ0) is 22.8. The zero-order valence-electron chi connectivity index (χ0n) is 17.4. The van der Waals surface area contributed by atoms with E-state index in [2.05, 4.69) is 0 Å². The van der Waals surface area contributed by atoms with Crippen LogP contribution in [0.5, 0.6) is 11.5 Å². The van der Waals surface area contributed by atoms with Gasteiger partial charge in [-0.25, -0.2) is 4.39 Å². The quantitative estimate of drug-likeness (QED) is 0.355. The highest BCUT2D eigenvalue weighted by Gasteiger charge is 2.46. The summed E-state index contributed by atoms with van der Waals surface area (Å²) in [7, 11) is 2.82. The van der Waals surface area contributed by atoms with E-state index in [-0.39, 0.29) is 23.4 Å². The molecule has 2 heterocycles. The van der Waals surface area contributed by atoms with Crippen molar-refractivity contribution < 1.29 is 33.0 Å². The van der Waals surface area contributed by atoms with Crippen LogP contribution in [0.1, 0.15) is 22.9 Å². The van der Waals surface area contributed by atoms with Gasteiger partial charge in [0.05, 0.1) is 38.6 Å². The highest BCUT2D eigenvalue weighted by atomic mass is 19.1. The van der Waals surface area contributed by atoms with E-state index in [1.807, 2.05) is 0 Å². The maximum absolute atomic E-state index is 14.3. The summed E-state index contributed by atoms with van der Waals surface area (Å²) in [5, 5.41) is 11.0. The second kappa shape index (κ2) is 8.58. The molecule has 0 saturated carbocycles. The lowest BCUT2D eigenvalue weighted by Crippen LogP contribution is -2.29. The molecule has 0 bridgehead atoms. The van der Waals surface area contributed by atoms with Gasteiger partial charge >= 0.3 is 0 Å². The number of likely N-dealkylation sites (tertiary alicyclic amines) is 1. The van der Waals surface area contributed by atoms with Crippen molar-refractivity contribution in [1.29, 1.82) is 0 Å². The third-order valence-electron chi connectivity index (χ3n) is 5.28. The van der Waals surface area contributed by atoms with Gasteiger partial charge in [-0.05, 0) is 48.0 Å². The van der Waals surface area contributed by atoms with Gasteiger partial charge in [0.15, 0.2) is 11.6 Å². The van der Waals surface area contributed by atoms with E-state index in [1.54, 1.807) is 36.4 Å². The Morgan fingerprint density at radius 3 is 2.56 bits per heavy atom. The predicted molar refractivity (Wildman–Crippen MR) is 113 cm³/mol. The van der Waals surface area contributed by atoms with Gasteiger partial charge in [-0.15, -0.1) is 0 Å². The number of rotatable bonds is 6. The fraction of sp³-hybridized carbons (Fsp3) is 0.167. The van der Waals surface area contributed by atoms with Crippen LogP contribution in [0.2, 0.25) is 0 Å². The van der Waals surface area contributed by atoms with E-state index in [0.29, 0.717) is 17.1 Å². The Morgan fingerprint density at radius 1 is 1.09 bits per heavy atom. The van der Waals surface area contributed by atoms with E-state index in [1.165, 1.54) is 37.5 Å². The minimum atomic E-state index is -0.930. The maximum Gasteiger partial charge on any atom is 0.296 e. The smallest absolute Gasteiger partial charge is 0.296 e. The van der Waals surface area contributed by atoms with Gasteiger partial charge < -0.3 is 23.9 Å². The summed E-state index contributed by atoms with van der Waals surface area (Å²) in [6, 6.07) is 13.1. The predicted octanol–water partition coefficient (Wildman–Crippen LogP) is 4.06. The number of furan rings is 1. The number of aliphatic hydroxyl groups excluding tert-OH is 1. The van der Waals surface area contributed by atoms with Gasteiger partial charge in [0.2, 0.25) is 0 Å². The first-order valence-corrected chi connectivity index (χ1v) is 9.73. The number of benzene rings is 2. The molecule has 4 rings (SSSR count). The molecule has 7 nitrogen and oxygen atoms in total. The number of ether oxygens (including phenoxy) is 2. The SMILES string of the molecule is COc1cccc([C@@H]2C(=C(O)c3ccc(OC)c(F)c3)C(=O)C(=O)N2Cc2ccco2)c1. The molecule has 1 N–H and O–H groups in total. The molecule has 0 unspecified atom stereocenters. The Labute approximate surface area is 183 Å². The topological polar surface area (TPSA) is 89.2 Å². The van der Waals surface area contributed by atoms with Crippen LogP contribution in [0.4, 0.5) is 4.39 Å². The summed E-state index contributed by atoms with van der Waals surface area (Å²) < 4.78 is 29.8. The maximum atomic E-state index is 14.3. The van der Waals surface area contributed by atoms with Crippen LogP contribution >= 0.6 is 0 Å².